The average Bonchev–Trinajstić information content (AvgIpc) is 2.79. The highest BCUT2D eigenvalue weighted by molar-refractivity contribution is 7.93. The van der Waals surface area contributed by atoms with Crippen molar-refractivity contribution in [2.24, 2.45) is 17.6 Å². The van der Waals surface area contributed by atoms with Gasteiger partial charge in [0.15, 0.2) is 0 Å². The molecule has 0 aromatic carbocycles. The van der Waals surface area contributed by atoms with Gasteiger partial charge in [-0.2, -0.15) is 0 Å². The largest absolute Gasteiger partial charge is 0.392 e. The van der Waals surface area contributed by atoms with Crippen LogP contribution in [0.4, 0.5) is 0 Å². The molecule has 88 valence electrons. The van der Waals surface area contributed by atoms with Gasteiger partial charge < -0.3 is 5.73 Å². The van der Waals surface area contributed by atoms with Gasteiger partial charge in [-0.15, -0.1) is 0 Å². The second-order valence-corrected chi connectivity index (χ2v) is 6.58. The number of nitrogens with two attached hydrogens (primary N) is 1. The first kappa shape index (κ1) is 12.9. The van der Waals surface area contributed by atoms with Crippen molar-refractivity contribution in [1.82, 2.24) is 4.72 Å². The molecule has 1 aliphatic rings. The number of thiocarbonyl (C=S) groups is 1. The summed E-state index contributed by atoms with van der Waals surface area (Å²) in [6, 6.07) is 0. The van der Waals surface area contributed by atoms with Gasteiger partial charge in [-0.1, -0.05) is 26.1 Å². The zero-order chi connectivity index (χ0) is 11.6. The van der Waals surface area contributed by atoms with E-state index in [4.69, 9.17) is 18.0 Å². The number of hydrogen-bond acceptors (Lipinski definition) is 3. The molecule has 15 heavy (non-hydrogen) atoms. The van der Waals surface area contributed by atoms with Crippen LogP contribution in [-0.4, -0.2) is 25.2 Å². The molecular formula is C9H18N2O2S2. The predicted molar refractivity (Wildman–Crippen MR) is 65.1 cm³/mol. The van der Waals surface area contributed by atoms with E-state index in [9.17, 15) is 8.42 Å². The van der Waals surface area contributed by atoms with Crippen LogP contribution in [0.15, 0.2) is 0 Å². The van der Waals surface area contributed by atoms with Crippen LogP contribution in [0.5, 0.6) is 0 Å². The van der Waals surface area contributed by atoms with Crippen LogP contribution >= 0.6 is 12.2 Å². The summed E-state index contributed by atoms with van der Waals surface area (Å²) >= 11 is 4.74. The Kier molecular flexibility index (Phi) is 4.08. The third-order valence-electron chi connectivity index (χ3n) is 2.89. The molecule has 3 atom stereocenters. The molecular weight excluding hydrogens is 232 g/mol. The van der Waals surface area contributed by atoms with Crippen molar-refractivity contribution in [2.75, 3.05) is 6.54 Å². The van der Waals surface area contributed by atoms with E-state index in [-0.39, 0.29) is 4.99 Å². The van der Waals surface area contributed by atoms with Crippen LogP contribution < -0.4 is 10.5 Å². The van der Waals surface area contributed by atoms with Crippen LogP contribution in [0.3, 0.4) is 0 Å². The molecule has 1 fully saturated rings. The Morgan fingerprint density at radius 2 is 2.20 bits per heavy atom. The number of rotatable bonds is 6. The topological polar surface area (TPSA) is 72.2 Å². The van der Waals surface area contributed by atoms with E-state index in [1.807, 2.05) is 0 Å². The zero-order valence-corrected chi connectivity index (χ0v) is 10.7. The first-order valence-electron chi connectivity index (χ1n) is 5.16. The predicted octanol–water partition coefficient (Wildman–Crippen LogP) is 0.626. The zero-order valence-electron chi connectivity index (χ0n) is 9.06. The Morgan fingerprint density at radius 3 is 2.53 bits per heavy atom. The lowest BCUT2D eigenvalue weighted by Crippen LogP contribution is -2.42. The second-order valence-electron chi connectivity index (χ2n) is 4.17. The lowest BCUT2D eigenvalue weighted by molar-refractivity contribution is 0.567. The molecule has 1 rings (SSSR count). The van der Waals surface area contributed by atoms with Crippen molar-refractivity contribution in [2.45, 2.75) is 31.9 Å². The Hall–Kier alpha value is -0.200. The van der Waals surface area contributed by atoms with Gasteiger partial charge >= 0.3 is 0 Å². The third-order valence-corrected chi connectivity index (χ3v) is 5.22. The van der Waals surface area contributed by atoms with Crippen LogP contribution in [0.25, 0.3) is 0 Å². The molecule has 3 N–H and O–H groups in total. The molecule has 0 aliphatic heterocycles. The summed E-state index contributed by atoms with van der Waals surface area (Å²) < 4.78 is 26.1. The van der Waals surface area contributed by atoms with Gasteiger partial charge in [0, 0.05) is 6.54 Å². The van der Waals surface area contributed by atoms with Crippen molar-refractivity contribution in [1.29, 1.82) is 0 Å². The van der Waals surface area contributed by atoms with Gasteiger partial charge in [-0.25, -0.2) is 13.1 Å². The lowest BCUT2D eigenvalue weighted by atomic mass is 10.3. The molecule has 0 heterocycles. The number of hydrogen-bond donors (Lipinski definition) is 2. The van der Waals surface area contributed by atoms with E-state index >= 15 is 0 Å². The van der Waals surface area contributed by atoms with Gasteiger partial charge in [-0.05, 0) is 24.7 Å². The molecule has 1 saturated carbocycles. The smallest absolute Gasteiger partial charge is 0.221 e. The Morgan fingerprint density at radius 1 is 1.67 bits per heavy atom. The summed E-state index contributed by atoms with van der Waals surface area (Å²) in [4.78, 5) is 0.0499. The highest BCUT2D eigenvalue weighted by Crippen LogP contribution is 2.36. The van der Waals surface area contributed by atoms with Gasteiger partial charge in [0.2, 0.25) is 10.0 Å². The normalized spacial score (nSPS) is 27.3. The SMILES string of the molecule is CCC(C(N)=S)S(=O)(=O)NCC1CC1C. The minimum Gasteiger partial charge on any atom is -0.392 e. The van der Waals surface area contributed by atoms with Gasteiger partial charge in [0.1, 0.15) is 5.25 Å². The first-order valence-corrected chi connectivity index (χ1v) is 7.11. The van der Waals surface area contributed by atoms with E-state index in [1.54, 1.807) is 6.92 Å². The Labute approximate surface area is 96.7 Å². The molecule has 1 aliphatic carbocycles. The summed E-state index contributed by atoms with van der Waals surface area (Å²) in [7, 11) is -3.37. The highest BCUT2D eigenvalue weighted by Gasteiger charge is 2.34. The summed E-state index contributed by atoms with van der Waals surface area (Å²) in [6.45, 7) is 4.40. The summed E-state index contributed by atoms with van der Waals surface area (Å²) in [5.74, 6) is 1.13. The minimum atomic E-state index is -3.37. The Balaban J connectivity index is 2.53. The average molecular weight is 250 g/mol. The van der Waals surface area contributed by atoms with E-state index in [1.165, 1.54) is 0 Å². The molecule has 6 heteroatoms. The fraction of sp³-hybridized carbons (Fsp3) is 0.889. The number of sulfonamides is 1. The van der Waals surface area contributed by atoms with Crippen molar-refractivity contribution in [3.63, 3.8) is 0 Å². The molecule has 0 bridgehead atoms. The summed E-state index contributed by atoms with van der Waals surface area (Å²) in [5, 5.41) is -0.735. The molecule has 0 aromatic rings. The van der Waals surface area contributed by atoms with Crippen molar-refractivity contribution < 1.29 is 8.42 Å². The molecule has 0 radical (unpaired) electrons. The lowest BCUT2D eigenvalue weighted by Gasteiger charge is -2.14. The standard InChI is InChI=1S/C9H18N2O2S2/c1-3-8(9(10)14)15(12,13)11-5-7-4-6(7)2/h6-8,11H,3-5H2,1-2H3,(H2,10,14). The summed E-state index contributed by atoms with van der Waals surface area (Å²) in [5.41, 5.74) is 5.39. The van der Waals surface area contributed by atoms with Crippen LogP contribution in [-0.2, 0) is 10.0 Å². The molecule has 0 amide bonds. The van der Waals surface area contributed by atoms with E-state index in [0.29, 0.717) is 24.8 Å². The monoisotopic (exact) mass is 250 g/mol. The quantitative estimate of drug-likeness (QED) is 0.678. The highest BCUT2D eigenvalue weighted by atomic mass is 32.2. The minimum absolute atomic E-state index is 0.0499. The van der Waals surface area contributed by atoms with Crippen molar-refractivity contribution in [3.05, 3.63) is 0 Å². The van der Waals surface area contributed by atoms with Gasteiger partial charge in [0.05, 0.1) is 4.99 Å². The maximum absolute atomic E-state index is 11.8. The van der Waals surface area contributed by atoms with Gasteiger partial charge in [-0.3, -0.25) is 0 Å². The Bertz CT molecular complexity index is 340. The van der Waals surface area contributed by atoms with E-state index < -0.39 is 15.3 Å². The first-order chi connectivity index (χ1) is 6.88. The van der Waals surface area contributed by atoms with Crippen LogP contribution in [0.2, 0.25) is 0 Å². The number of nitrogens with one attached hydrogen (secondary N) is 1. The molecule has 4 nitrogen and oxygen atoms in total. The molecule has 3 unspecified atom stereocenters. The fourth-order valence-corrected chi connectivity index (χ4v) is 3.52. The second kappa shape index (κ2) is 4.76. The fourth-order valence-electron chi connectivity index (χ4n) is 1.58. The van der Waals surface area contributed by atoms with Crippen molar-refractivity contribution in [3.8, 4) is 0 Å². The molecule has 0 aromatic heterocycles. The van der Waals surface area contributed by atoms with Crippen LogP contribution in [0.1, 0.15) is 26.7 Å². The maximum atomic E-state index is 11.8. The van der Waals surface area contributed by atoms with Crippen molar-refractivity contribution >= 4 is 27.2 Å². The van der Waals surface area contributed by atoms with Gasteiger partial charge in [0.25, 0.3) is 0 Å². The third kappa shape index (κ3) is 3.39. The van der Waals surface area contributed by atoms with E-state index in [0.717, 1.165) is 6.42 Å². The van der Waals surface area contributed by atoms with E-state index in [2.05, 4.69) is 11.6 Å². The molecule has 0 saturated heterocycles. The maximum Gasteiger partial charge on any atom is 0.221 e. The summed E-state index contributed by atoms with van der Waals surface area (Å²) in [6.07, 6.45) is 1.53. The van der Waals surface area contributed by atoms with Crippen LogP contribution in [0, 0.1) is 11.8 Å². The molecule has 0 spiro atoms.